The minimum atomic E-state index is -0.629. The number of hydrogen-bond acceptors (Lipinski definition) is 4. The van der Waals surface area contributed by atoms with Crippen LogP contribution in [-0.2, 0) is 11.3 Å². The first kappa shape index (κ1) is 19.0. The number of aryl methyl sites for hydroxylation is 1. The van der Waals surface area contributed by atoms with Gasteiger partial charge in [-0.05, 0) is 55.5 Å². The smallest absolute Gasteiger partial charge is 0.336 e. The lowest BCUT2D eigenvalue weighted by Crippen LogP contribution is -2.42. The van der Waals surface area contributed by atoms with Gasteiger partial charge in [0.25, 0.3) is 5.56 Å². The number of nitrogens with zero attached hydrogens (tertiary/aromatic N) is 2. The van der Waals surface area contributed by atoms with Gasteiger partial charge in [0, 0.05) is 6.04 Å². The summed E-state index contributed by atoms with van der Waals surface area (Å²) in [6, 6.07) is 5.68. The van der Waals surface area contributed by atoms with Crippen molar-refractivity contribution in [3.63, 3.8) is 0 Å². The molecule has 0 aliphatic rings. The van der Waals surface area contributed by atoms with Crippen LogP contribution >= 0.6 is 11.3 Å². The van der Waals surface area contributed by atoms with Gasteiger partial charge in [0.05, 0.1) is 11.2 Å². The lowest BCUT2D eigenvalue weighted by atomic mass is 10.2. The predicted molar refractivity (Wildman–Crippen MR) is 104 cm³/mol. The van der Waals surface area contributed by atoms with E-state index in [-0.39, 0.29) is 24.2 Å². The van der Waals surface area contributed by atoms with Crippen LogP contribution in [0.3, 0.4) is 0 Å². The van der Waals surface area contributed by atoms with Gasteiger partial charge in [0.15, 0.2) is 0 Å². The molecule has 1 aromatic carbocycles. The minimum absolute atomic E-state index is 0.0168. The van der Waals surface area contributed by atoms with Crippen LogP contribution in [0, 0.1) is 12.7 Å². The van der Waals surface area contributed by atoms with Crippen molar-refractivity contribution in [1.82, 2.24) is 14.5 Å². The van der Waals surface area contributed by atoms with E-state index < -0.39 is 17.1 Å². The van der Waals surface area contributed by atoms with Crippen LogP contribution in [0.4, 0.5) is 4.39 Å². The Balaban J connectivity index is 2.18. The second kappa shape index (κ2) is 7.48. The van der Waals surface area contributed by atoms with Crippen LogP contribution in [0.15, 0.2) is 39.2 Å². The van der Waals surface area contributed by atoms with Crippen molar-refractivity contribution in [1.29, 1.82) is 0 Å². The molecule has 0 spiro atoms. The first-order chi connectivity index (χ1) is 12.8. The molecular weight excluding hydrogens is 369 g/mol. The van der Waals surface area contributed by atoms with E-state index in [1.165, 1.54) is 34.1 Å². The number of carbonyl (C=O) groups excluding carboxylic acids is 1. The number of carbonyl (C=O) groups is 1. The summed E-state index contributed by atoms with van der Waals surface area (Å²) in [6.45, 7) is 5.19. The normalized spacial score (nSPS) is 12.3. The molecule has 1 N–H and O–H groups in total. The predicted octanol–water partition coefficient (Wildman–Crippen LogP) is 2.58. The van der Waals surface area contributed by atoms with E-state index >= 15 is 0 Å². The molecular formula is C19H20FN3O3S. The highest BCUT2D eigenvalue weighted by molar-refractivity contribution is 7.17. The number of rotatable bonds is 5. The molecule has 0 aliphatic heterocycles. The average Bonchev–Trinajstić information content (AvgIpc) is 3.11. The summed E-state index contributed by atoms with van der Waals surface area (Å²) in [6.07, 6.45) is 0.767. The van der Waals surface area contributed by atoms with E-state index in [2.05, 4.69) is 5.32 Å². The zero-order chi connectivity index (χ0) is 19.7. The number of thiophene rings is 1. The number of amides is 1. The van der Waals surface area contributed by atoms with Gasteiger partial charge in [-0.15, -0.1) is 11.3 Å². The van der Waals surface area contributed by atoms with Crippen molar-refractivity contribution in [3.8, 4) is 5.69 Å². The average molecular weight is 389 g/mol. The molecule has 3 aromatic rings. The quantitative estimate of drug-likeness (QED) is 0.729. The van der Waals surface area contributed by atoms with Crippen molar-refractivity contribution in [2.45, 2.75) is 39.8 Å². The van der Waals surface area contributed by atoms with E-state index in [9.17, 15) is 18.8 Å². The van der Waals surface area contributed by atoms with Gasteiger partial charge in [-0.2, -0.15) is 0 Å². The monoisotopic (exact) mass is 389 g/mol. The Labute approximate surface area is 158 Å². The summed E-state index contributed by atoms with van der Waals surface area (Å²) in [7, 11) is 0. The van der Waals surface area contributed by atoms with Gasteiger partial charge in [-0.1, -0.05) is 6.92 Å². The van der Waals surface area contributed by atoms with Crippen molar-refractivity contribution in [3.05, 3.63) is 61.9 Å². The van der Waals surface area contributed by atoms with Crippen LogP contribution in [0.25, 0.3) is 15.9 Å². The zero-order valence-corrected chi connectivity index (χ0v) is 16.1. The Hall–Kier alpha value is -2.74. The van der Waals surface area contributed by atoms with Gasteiger partial charge in [0.1, 0.15) is 17.1 Å². The van der Waals surface area contributed by atoms with Crippen molar-refractivity contribution in [2.75, 3.05) is 0 Å². The number of hydrogen-bond donors (Lipinski definition) is 1. The van der Waals surface area contributed by atoms with Crippen LogP contribution in [0.5, 0.6) is 0 Å². The molecule has 8 heteroatoms. The standard InChI is InChI=1S/C19H20FN3O3S/c1-4-12(3)21-16(24)10-22-15-7-8-27-17(15)18(25)23(19(22)26)13-5-6-14(20)11(2)9-13/h5-9,12H,4,10H2,1-3H3,(H,21,24)/t12-/m0/s1. The van der Waals surface area contributed by atoms with Crippen LogP contribution in [0.2, 0.25) is 0 Å². The fourth-order valence-corrected chi connectivity index (χ4v) is 3.63. The second-order valence-electron chi connectivity index (χ2n) is 6.45. The highest BCUT2D eigenvalue weighted by Crippen LogP contribution is 2.17. The maximum absolute atomic E-state index is 13.6. The lowest BCUT2D eigenvalue weighted by molar-refractivity contribution is -0.122. The first-order valence-electron chi connectivity index (χ1n) is 8.62. The molecule has 6 nitrogen and oxygen atoms in total. The van der Waals surface area contributed by atoms with Crippen LogP contribution in [-0.4, -0.2) is 21.1 Å². The third-order valence-corrected chi connectivity index (χ3v) is 5.37. The molecule has 27 heavy (non-hydrogen) atoms. The molecule has 3 rings (SSSR count). The molecule has 0 saturated carbocycles. The van der Waals surface area contributed by atoms with E-state index in [1.807, 2.05) is 13.8 Å². The Kier molecular flexibility index (Phi) is 5.27. The number of halogens is 1. The van der Waals surface area contributed by atoms with Crippen molar-refractivity contribution in [2.24, 2.45) is 0 Å². The Morgan fingerprint density at radius 2 is 2.04 bits per heavy atom. The van der Waals surface area contributed by atoms with E-state index in [0.717, 1.165) is 11.0 Å². The molecule has 0 fully saturated rings. The van der Waals surface area contributed by atoms with E-state index in [1.54, 1.807) is 18.4 Å². The Bertz CT molecular complexity index is 1130. The molecule has 2 heterocycles. The van der Waals surface area contributed by atoms with E-state index in [0.29, 0.717) is 15.8 Å². The largest absolute Gasteiger partial charge is 0.352 e. The van der Waals surface area contributed by atoms with E-state index in [4.69, 9.17) is 0 Å². The lowest BCUT2D eigenvalue weighted by Gasteiger charge is -2.15. The number of benzene rings is 1. The Morgan fingerprint density at radius 3 is 2.70 bits per heavy atom. The molecule has 0 radical (unpaired) electrons. The minimum Gasteiger partial charge on any atom is -0.352 e. The second-order valence-corrected chi connectivity index (χ2v) is 7.37. The summed E-state index contributed by atoms with van der Waals surface area (Å²) >= 11 is 1.20. The third-order valence-electron chi connectivity index (χ3n) is 4.48. The van der Waals surface area contributed by atoms with Crippen molar-refractivity contribution < 1.29 is 9.18 Å². The van der Waals surface area contributed by atoms with Gasteiger partial charge in [0.2, 0.25) is 5.91 Å². The summed E-state index contributed by atoms with van der Waals surface area (Å²) in [5.74, 6) is -0.725. The number of nitrogens with one attached hydrogen (secondary N) is 1. The molecule has 0 bridgehead atoms. The summed E-state index contributed by atoms with van der Waals surface area (Å²) in [4.78, 5) is 38.2. The van der Waals surface area contributed by atoms with Crippen molar-refractivity contribution >= 4 is 27.5 Å². The maximum atomic E-state index is 13.6. The Morgan fingerprint density at radius 1 is 1.30 bits per heavy atom. The molecule has 142 valence electrons. The van der Waals surface area contributed by atoms with Crippen LogP contribution < -0.4 is 16.6 Å². The first-order valence-corrected chi connectivity index (χ1v) is 9.50. The fourth-order valence-electron chi connectivity index (χ4n) is 2.80. The maximum Gasteiger partial charge on any atom is 0.336 e. The third kappa shape index (κ3) is 3.57. The zero-order valence-electron chi connectivity index (χ0n) is 15.3. The topological polar surface area (TPSA) is 73.1 Å². The number of aromatic nitrogens is 2. The fraction of sp³-hybridized carbons (Fsp3) is 0.316. The van der Waals surface area contributed by atoms with Gasteiger partial charge in [-0.25, -0.2) is 13.8 Å². The summed E-state index contributed by atoms with van der Waals surface area (Å²) in [5, 5.41) is 4.52. The molecule has 0 aliphatic carbocycles. The molecule has 0 saturated heterocycles. The molecule has 2 aromatic heterocycles. The van der Waals surface area contributed by atoms with Gasteiger partial charge >= 0.3 is 5.69 Å². The molecule has 0 unspecified atom stereocenters. The highest BCUT2D eigenvalue weighted by Gasteiger charge is 2.18. The molecule has 1 amide bonds. The highest BCUT2D eigenvalue weighted by atomic mass is 32.1. The van der Waals surface area contributed by atoms with Crippen LogP contribution in [0.1, 0.15) is 25.8 Å². The molecule has 1 atom stereocenters. The number of fused-ring (bicyclic) bond motifs is 1. The van der Waals surface area contributed by atoms with Gasteiger partial charge < -0.3 is 5.32 Å². The summed E-state index contributed by atoms with van der Waals surface area (Å²) in [5.41, 5.74) is -0.0865. The van der Waals surface area contributed by atoms with Gasteiger partial charge in [-0.3, -0.25) is 14.2 Å². The SMILES string of the molecule is CC[C@H](C)NC(=O)Cn1c(=O)n(-c2ccc(F)c(C)c2)c(=O)c2sccc21. The summed E-state index contributed by atoms with van der Waals surface area (Å²) < 4.78 is 16.2.